The minimum atomic E-state index is -0.478. The number of carbonyl (C=O) groups is 2. The highest BCUT2D eigenvalue weighted by Gasteiger charge is 2.39. The van der Waals surface area contributed by atoms with Crippen molar-refractivity contribution >= 4 is 11.8 Å². The number of carbonyl (C=O) groups excluding carboxylic acids is 2. The molecule has 5 heteroatoms. The Hall–Kier alpha value is -1.10. The van der Waals surface area contributed by atoms with Gasteiger partial charge in [-0.3, -0.25) is 9.59 Å². The molecule has 0 aromatic heterocycles. The van der Waals surface area contributed by atoms with Gasteiger partial charge in [-0.05, 0) is 32.1 Å². The van der Waals surface area contributed by atoms with Crippen LogP contribution in [0.1, 0.15) is 51.9 Å². The second kappa shape index (κ2) is 5.90. The van der Waals surface area contributed by atoms with Crippen molar-refractivity contribution in [3.05, 3.63) is 0 Å². The van der Waals surface area contributed by atoms with E-state index in [4.69, 9.17) is 10.5 Å². The van der Waals surface area contributed by atoms with Gasteiger partial charge in [0, 0.05) is 12.0 Å². The first-order chi connectivity index (χ1) is 9.07. The number of amides is 2. The molecular formula is C14H24N2O3. The van der Waals surface area contributed by atoms with Crippen LogP contribution in [0.4, 0.5) is 0 Å². The van der Waals surface area contributed by atoms with Crippen LogP contribution < -0.4 is 11.1 Å². The summed E-state index contributed by atoms with van der Waals surface area (Å²) in [6.07, 6.45) is 6.06. The fourth-order valence-electron chi connectivity index (χ4n) is 3.25. The molecule has 1 aliphatic carbocycles. The van der Waals surface area contributed by atoms with Crippen molar-refractivity contribution in [1.29, 1.82) is 0 Å². The molecule has 1 saturated heterocycles. The SMILES string of the molecule is CCC1(C(=O)NC[C@@H]2CC[C@@H](C(N)=O)O2)CCCC1. The third-order valence-electron chi connectivity index (χ3n) is 4.63. The highest BCUT2D eigenvalue weighted by Crippen LogP contribution is 2.41. The van der Waals surface area contributed by atoms with E-state index in [1.807, 2.05) is 0 Å². The Morgan fingerprint density at radius 1 is 1.32 bits per heavy atom. The van der Waals surface area contributed by atoms with Gasteiger partial charge in [0.25, 0.3) is 0 Å². The molecule has 19 heavy (non-hydrogen) atoms. The summed E-state index contributed by atoms with van der Waals surface area (Å²) >= 11 is 0. The molecule has 2 atom stereocenters. The predicted molar refractivity (Wildman–Crippen MR) is 71.3 cm³/mol. The van der Waals surface area contributed by atoms with Gasteiger partial charge in [-0.2, -0.15) is 0 Å². The molecule has 3 N–H and O–H groups in total. The normalized spacial score (nSPS) is 29.3. The molecule has 1 aliphatic heterocycles. The van der Waals surface area contributed by atoms with Gasteiger partial charge in [-0.15, -0.1) is 0 Å². The quantitative estimate of drug-likeness (QED) is 0.783. The first-order valence-electron chi connectivity index (χ1n) is 7.30. The second-order valence-electron chi connectivity index (χ2n) is 5.78. The number of nitrogens with one attached hydrogen (secondary N) is 1. The molecule has 5 nitrogen and oxygen atoms in total. The molecule has 1 heterocycles. The van der Waals surface area contributed by atoms with E-state index in [1.54, 1.807) is 0 Å². The number of primary amides is 1. The van der Waals surface area contributed by atoms with Crippen LogP contribution in [0.5, 0.6) is 0 Å². The first-order valence-corrected chi connectivity index (χ1v) is 7.30. The molecule has 2 fully saturated rings. The number of nitrogens with two attached hydrogens (primary N) is 1. The zero-order valence-corrected chi connectivity index (χ0v) is 11.6. The van der Waals surface area contributed by atoms with Crippen LogP contribution in [0.2, 0.25) is 0 Å². The second-order valence-corrected chi connectivity index (χ2v) is 5.78. The summed E-state index contributed by atoms with van der Waals surface area (Å²) in [7, 11) is 0. The molecule has 108 valence electrons. The van der Waals surface area contributed by atoms with Crippen LogP contribution in [0.25, 0.3) is 0 Å². The topological polar surface area (TPSA) is 81.4 Å². The lowest BCUT2D eigenvalue weighted by atomic mass is 9.82. The van der Waals surface area contributed by atoms with Crippen molar-refractivity contribution in [2.24, 2.45) is 11.1 Å². The van der Waals surface area contributed by atoms with Crippen molar-refractivity contribution in [2.75, 3.05) is 6.54 Å². The third-order valence-corrected chi connectivity index (χ3v) is 4.63. The van der Waals surface area contributed by atoms with Crippen LogP contribution in [0, 0.1) is 5.41 Å². The fraction of sp³-hybridized carbons (Fsp3) is 0.857. The minimum Gasteiger partial charge on any atom is -0.367 e. The van der Waals surface area contributed by atoms with Gasteiger partial charge in [0.05, 0.1) is 6.10 Å². The maximum Gasteiger partial charge on any atom is 0.246 e. The zero-order chi connectivity index (χ0) is 13.9. The van der Waals surface area contributed by atoms with Crippen LogP contribution in [0.15, 0.2) is 0 Å². The maximum absolute atomic E-state index is 12.3. The third kappa shape index (κ3) is 3.08. The molecule has 0 bridgehead atoms. The fourth-order valence-corrected chi connectivity index (χ4v) is 3.25. The van der Waals surface area contributed by atoms with Gasteiger partial charge in [0.1, 0.15) is 6.10 Å². The lowest BCUT2D eigenvalue weighted by Crippen LogP contribution is -2.42. The molecule has 0 aromatic rings. The standard InChI is InChI=1S/C14H24N2O3/c1-2-14(7-3-4-8-14)13(18)16-9-10-5-6-11(19-10)12(15)17/h10-11H,2-9H2,1H3,(H2,15,17)(H,16,18)/t10-,11-/m0/s1. The van der Waals surface area contributed by atoms with E-state index in [0.29, 0.717) is 13.0 Å². The van der Waals surface area contributed by atoms with Gasteiger partial charge in [-0.1, -0.05) is 19.8 Å². The summed E-state index contributed by atoms with van der Waals surface area (Å²) in [4.78, 5) is 23.3. The zero-order valence-electron chi connectivity index (χ0n) is 11.6. The number of hydrogen-bond acceptors (Lipinski definition) is 3. The average molecular weight is 268 g/mol. The van der Waals surface area contributed by atoms with E-state index < -0.39 is 12.0 Å². The summed E-state index contributed by atoms with van der Waals surface area (Å²) in [6, 6.07) is 0. The Labute approximate surface area is 114 Å². The Morgan fingerprint density at radius 2 is 2.00 bits per heavy atom. The lowest BCUT2D eigenvalue weighted by Gasteiger charge is -2.26. The van der Waals surface area contributed by atoms with Crippen LogP contribution >= 0.6 is 0 Å². The molecule has 2 aliphatic rings. The highest BCUT2D eigenvalue weighted by atomic mass is 16.5. The van der Waals surface area contributed by atoms with Gasteiger partial charge in [-0.25, -0.2) is 0 Å². The van der Waals surface area contributed by atoms with Crippen LogP contribution in [-0.2, 0) is 14.3 Å². The van der Waals surface area contributed by atoms with E-state index in [2.05, 4.69) is 12.2 Å². The van der Waals surface area contributed by atoms with Gasteiger partial charge < -0.3 is 15.8 Å². The van der Waals surface area contributed by atoms with E-state index in [1.165, 1.54) is 0 Å². The Balaban J connectivity index is 1.79. The van der Waals surface area contributed by atoms with E-state index in [0.717, 1.165) is 38.5 Å². The molecule has 2 rings (SSSR count). The summed E-state index contributed by atoms with van der Waals surface area (Å²) in [5.74, 6) is -0.256. The molecule has 2 amide bonds. The molecule has 1 saturated carbocycles. The number of rotatable bonds is 5. The average Bonchev–Trinajstić information content (AvgIpc) is 3.05. The molecule has 0 aromatic carbocycles. The van der Waals surface area contributed by atoms with Crippen LogP contribution in [0.3, 0.4) is 0 Å². The Morgan fingerprint density at radius 3 is 2.53 bits per heavy atom. The predicted octanol–water partition coefficient (Wildman–Crippen LogP) is 1.11. The van der Waals surface area contributed by atoms with E-state index >= 15 is 0 Å². The van der Waals surface area contributed by atoms with Crippen molar-refractivity contribution < 1.29 is 14.3 Å². The number of ether oxygens (including phenoxy) is 1. The molecular weight excluding hydrogens is 244 g/mol. The number of hydrogen-bond donors (Lipinski definition) is 2. The van der Waals surface area contributed by atoms with Gasteiger partial charge in [0.15, 0.2) is 0 Å². The summed E-state index contributed by atoms with van der Waals surface area (Å²) < 4.78 is 5.51. The minimum absolute atomic E-state index is 0.0724. The van der Waals surface area contributed by atoms with Crippen molar-refractivity contribution in [1.82, 2.24) is 5.32 Å². The monoisotopic (exact) mass is 268 g/mol. The molecule has 0 radical (unpaired) electrons. The van der Waals surface area contributed by atoms with Crippen molar-refractivity contribution in [2.45, 2.75) is 64.1 Å². The maximum atomic E-state index is 12.3. The summed E-state index contributed by atoms with van der Waals surface area (Å²) in [5.41, 5.74) is 5.04. The first kappa shape index (κ1) is 14.3. The summed E-state index contributed by atoms with van der Waals surface area (Å²) in [6.45, 7) is 2.57. The van der Waals surface area contributed by atoms with E-state index in [9.17, 15) is 9.59 Å². The Kier molecular flexibility index (Phi) is 4.45. The smallest absolute Gasteiger partial charge is 0.246 e. The Bertz CT molecular complexity index is 351. The van der Waals surface area contributed by atoms with Crippen molar-refractivity contribution in [3.8, 4) is 0 Å². The highest BCUT2D eigenvalue weighted by molar-refractivity contribution is 5.83. The molecule has 0 spiro atoms. The van der Waals surface area contributed by atoms with Crippen molar-refractivity contribution in [3.63, 3.8) is 0 Å². The van der Waals surface area contributed by atoms with Crippen LogP contribution in [-0.4, -0.2) is 30.6 Å². The van der Waals surface area contributed by atoms with Gasteiger partial charge in [0.2, 0.25) is 11.8 Å². The lowest BCUT2D eigenvalue weighted by molar-refractivity contribution is -0.132. The molecule has 0 unspecified atom stereocenters. The summed E-state index contributed by atoms with van der Waals surface area (Å²) in [5, 5.41) is 3.00. The van der Waals surface area contributed by atoms with Gasteiger partial charge >= 0.3 is 0 Å². The largest absolute Gasteiger partial charge is 0.367 e. The van der Waals surface area contributed by atoms with E-state index in [-0.39, 0.29) is 17.4 Å².